The molecule has 4 rings (SSSR count). The summed E-state index contributed by atoms with van der Waals surface area (Å²) in [5.41, 5.74) is 1.07. The summed E-state index contributed by atoms with van der Waals surface area (Å²) in [6.45, 7) is 4.83. The average molecular weight is 455 g/mol. The average Bonchev–Trinajstić information content (AvgIpc) is 2.74. The summed E-state index contributed by atoms with van der Waals surface area (Å²) in [5, 5.41) is 2.27. The number of rotatable bonds is 6. The molecule has 0 aliphatic rings. The van der Waals surface area contributed by atoms with Crippen molar-refractivity contribution in [3.8, 4) is 0 Å². The molecule has 2 aromatic heterocycles. The van der Waals surface area contributed by atoms with E-state index in [1.807, 2.05) is 18.2 Å². The summed E-state index contributed by atoms with van der Waals surface area (Å²) in [6.07, 6.45) is 0.862. The zero-order valence-corrected chi connectivity index (χ0v) is 19.2. The molecule has 2 heterocycles. The quantitative estimate of drug-likeness (QED) is 0.313. The van der Waals surface area contributed by atoms with E-state index in [-0.39, 0.29) is 11.1 Å². The van der Waals surface area contributed by atoms with Crippen LogP contribution in [0.4, 0.5) is 0 Å². The first kappa shape index (κ1) is 21.6. The molecule has 0 aliphatic carbocycles. The lowest BCUT2D eigenvalue weighted by Crippen LogP contribution is -2.25. The summed E-state index contributed by atoms with van der Waals surface area (Å²) >= 11 is 7.53. The number of hydrogen-bond acceptors (Lipinski definition) is 5. The van der Waals surface area contributed by atoms with E-state index >= 15 is 0 Å². The molecule has 0 N–H and O–H groups in total. The second-order valence-corrected chi connectivity index (χ2v) is 9.27. The Hall–Kier alpha value is -2.64. The fourth-order valence-electron chi connectivity index (χ4n) is 3.39. The van der Waals surface area contributed by atoms with E-state index in [0.29, 0.717) is 56.0 Å². The maximum Gasteiger partial charge on any atom is 0.262 e. The van der Waals surface area contributed by atoms with E-state index in [9.17, 15) is 9.59 Å². The van der Waals surface area contributed by atoms with Crippen LogP contribution in [0, 0.1) is 5.92 Å². The van der Waals surface area contributed by atoms with Gasteiger partial charge < -0.3 is 0 Å². The Kier molecular flexibility index (Phi) is 6.16. The highest BCUT2D eigenvalue weighted by atomic mass is 35.5. The normalized spacial score (nSPS) is 11.6. The van der Waals surface area contributed by atoms with Crippen molar-refractivity contribution < 1.29 is 0 Å². The third-order valence-corrected chi connectivity index (χ3v) is 6.43. The molecular formula is C23H23ClN4O2S. The first-order chi connectivity index (χ1) is 14.8. The fourth-order valence-corrected chi connectivity index (χ4v) is 4.57. The molecule has 8 heteroatoms. The molecule has 0 aliphatic heterocycles. The largest absolute Gasteiger partial charge is 0.299 e. The van der Waals surface area contributed by atoms with Crippen LogP contribution in [0.25, 0.3) is 21.8 Å². The number of nitrogens with zero attached hydrogens (tertiary/aromatic N) is 4. The van der Waals surface area contributed by atoms with Crippen LogP contribution in [0.3, 0.4) is 0 Å². The Labute approximate surface area is 188 Å². The molecule has 0 atom stereocenters. The molecule has 0 fully saturated rings. The highest BCUT2D eigenvalue weighted by molar-refractivity contribution is 7.98. The van der Waals surface area contributed by atoms with Crippen LogP contribution in [-0.4, -0.2) is 19.1 Å². The van der Waals surface area contributed by atoms with E-state index in [2.05, 4.69) is 18.8 Å². The number of para-hydroxylation sites is 1. The van der Waals surface area contributed by atoms with Gasteiger partial charge in [0.25, 0.3) is 11.1 Å². The molecular weight excluding hydrogens is 432 g/mol. The van der Waals surface area contributed by atoms with Gasteiger partial charge in [-0.3, -0.25) is 18.7 Å². The number of fused-ring (bicyclic) bond motifs is 2. The first-order valence-electron chi connectivity index (χ1n) is 10.1. The van der Waals surface area contributed by atoms with Crippen molar-refractivity contribution in [3.63, 3.8) is 0 Å². The molecule has 2 aromatic carbocycles. The number of benzene rings is 2. The van der Waals surface area contributed by atoms with E-state index in [1.165, 1.54) is 11.8 Å². The maximum atomic E-state index is 13.2. The predicted molar refractivity (Wildman–Crippen MR) is 127 cm³/mol. The summed E-state index contributed by atoms with van der Waals surface area (Å²) < 4.78 is 3.28. The molecule has 0 spiro atoms. The van der Waals surface area contributed by atoms with E-state index < -0.39 is 0 Å². The zero-order chi connectivity index (χ0) is 22.1. The minimum absolute atomic E-state index is 0.0785. The van der Waals surface area contributed by atoms with Gasteiger partial charge in [-0.2, -0.15) is 0 Å². The van der Waals surface area contributed by atoms with Gasteiger partial charge in [0.05, 0.1) is 27.6 Å². The van der Waals surface area contributed by atoms with E-state index in [1.54, 1.807) is 40.4 Å². The highest BCUT2D eigenvalue weighted by Gasteiger charge is 2.15. The van der Waals surface area contributed by atoms with Crippen LogP contribution in [0.2, 0.25) is 5.02 Å². The van der Waals surface area contributed by atoms with Crippen LogP contribution in [0.5, 0.6) is 0 Å². The van der Waals surface area contributed by atoms with Crippen LogP contribution in [0.1, 0.15) is 26.1 Å². The fraction of sp³-hybridized carbons (Fsp3) is 0.304. The minimum Gasteiger partial charge on any atom is -0.299 e. The summed E-state index contributed by atoms with van der Waals surface area (Å²) in [6, 6.07) is 12.4. The second-order valence-electron chi connectivity index (χ2n) is 7.89. The van der Waals surface area contributed by atoms with Gasteiger partial charge in [0.1, 0.15) is 5.82 Å². The molecule has 4 aromatic rings. The Morgan fingerprint density at radius 2 is 1.74 bits per heavy atom. The van der Waals surface area contributed by atoms with Crippen LogP contribution in [0.15, 0.2) is 57.2 Å². The molecule has 6 nitrogen and oxygen atoms in total. The Morgan fingerprint density at radius 1 is 1.00 bits per heavy atom. The molecule has 0 saturated carbocycles. The molecule has 0 radical (unpaired) electrons. The number of thioether (sulfide) groups is 1. The lowest BCUT2D eigenvalue weighted by Gasteiger charge is -2.15. The molecule has 0 bridgehead atoms. The van der Waals surface area contributed by atoms with Gasteiger partial charge in [-0.25, -0.2) is 9.97 Å². The lowest BCUT2D eigenvalue weighted by atomic mass is 10.1. The molecule has 31 heavy (non-hydrogen) atoms. The third-order valence-electron chi connectivity index (χ3n) is 5.22. The summed E-state index contributed by atoms with van der Waals surface area (Å²) in [5.74, 6) is 1.50. The molecule has 160 valence electrons. The SMILES string of the molecule is CC(C)CCn1c(SCc2nc3ccccc3c(=O)n2C)nc2cc(Cl)ccc2c1=O. The van der Waals surface area contributed by atoms with Crippen molar-refractivity contribution in [1.29, 1.82) is 0 Å². The van der Waals surface area contributed by atoms with Gasteiger partial charge in [0, 0.05) is 18.6 Å². The van der Waals surface area contributed by atoms with Gasteiger partial charge in [-0.05, 0) is 42.7 Å². The monoisotopic (exact) mass is 454 g/mol. The Bertz CT molecular complexity index is 1390. The van der Waals surface area contributed by atoms with Crippen molar-refractivity contribution in [2.45, 2.75) is 37.7 Å². The predicted octanol–water partition coefficient (Wildman–Crippen LogP) is 4.64. The topological polar surface area (TPSA) is 69.8 Å². The van der Waals surface area contributed by atoms with Crippen LogP contribution >= 0.6 is 23.4 Å². The number of hydrogen-bond donors (Lipinski definition) is 0. The number of halogens is 1. The van der Waals surface area contributed by atoms with Crippen LogP contribution < -0.4 is 11.1 Å². The van der Waals surface area contributed by atoms with Crippen molar-refractivity contribution in [1.82, 2.24) is 19.1 Å². The Balaban J connectivity index is 1.76. The van der Waals surface area contributed by atoms with Crippen molar-refractivity contribution in [2.24, 2.45) is 13.0 Å². The van der Waals surface area contributed by atoms with Crippen LogP contribution in [-0.2, 0) is 19.3 Å². The molecule has 0 saturated heterocycles. The van der Waals surface area contributed by atoms with E-state index in [0.717, 1.165) is 6.42 Å². The second kappa shape index (κ2) is 8.85. The third kappa shape index (κ3) is 4.38. The highest BCUT2D eigenvalue weighted by Crippen LogP contribution is 2.24. The van der Waals surface area contributed by atoms with E-state index in [4.69, 9.17) is 16.6 Å². The Morgan fingerprint density at radius 3 is 2.52 bits per heavy atom. The van der Waals surface area contributed by atoms with Gasteiger partial charge in [-0.15, -0.1) is 0 Å². The maximum absolute atomic E-state index is 13.2. The molecule has 0 amide bonds. The molecule has 0 unspecified atom stereocenters. The van der Waals surface area contributed by atoms with Gasteiger partial charge in [-0.1, -0.05) is 49.3 Å². The van der Waals surface area contributed by atoms with Crippen molar-refractivity contribution in [2.75, 3.05) is 0 Å². The van der Waals surface area contributed by atoms with Gasteiger partial charge in [0.2, 0.25) is 0 Å². The van der Waals surface area contributed by atoms with Gasteiger partial charge >= 0.3 is 0 Å². The van der Waals surface area contributed by atoms with Gasteiger partial charge in [0.15, 0.2) is 5.16 Å². The number of aromatic nitrogens is 4. The zero-order valence-electron chi connectivity index (χ0n) is 17.6. The lowest BCUT2D eigenvalue weighted by molar-refractivity contribution is 0.481. The minimum atomic E-state index is -0.0864. The van der Waals surface area contributed by atoms with Crippen molar-refractivity contribution in [3.05, 3.63) is 74.0 Å². The standard InChI is InChI=1S/C23H23ClN4O2S/c1-14(2)10-11-28-22(30)17-9-8-15(24)12-19(17)26-23(28)31-13-20-25-18-7-5-4-6-16(18)21(29)27(20)3/h4-9,12,14H,10-11,13H2,1-3H3. The summed E-state index contributed by atoms with van der Waals surface area (Å²) in [4.78, 5) is 35.3. The summed E-state index contributed by atoms with van der Waals surface area (Å²) in [7, 11) is 1.72. The smallest absolute Gasteiger partial charge is 0.262 e. The van der Waals surface area contributed by atoms with Crippen molar-refractivity contribution >= 4 is 45.2 Å². The first-order valence-corrected chi connectivity index (χ1v) is 11.5.